The molecule has 1 aliphatic rings. The third kappa shape index (κ3) is 4.55. The van der Waals surface area contributed by atoms with Gasteiger partial charge in [0.05, 0.1) is 10.6 Å². The molecule has 2 aromatic heterocycles. The van der Waals surface area contributed by atoms with Gasteiger partial charge in [0, 0.05) is 29.2 Å². The van der Waals surface area contributed by atoms with Crippen LogP contribution in [0.2, 0.25) is 0 Å². The van der Waals surface area contributed by atoms with Gasteiger partial charge in [0.2, 0.25) is 5.88 Å². The summed E-state index contributed by atoms with van der Waals surface area (Å²) in [5.41, 5.74) is 6.53. The highest BCUT2D eigenvalue weighted by atomic mass is 16.6. The molecule has 1 fully saturated rings. The fourth-order valence-electron chi connectivity index (χ4n) is 4.13. The Morgan fingerprint density at radius 2 is 1.70 bits per heavy atom. The van der Waals surface area contributed by atoms with Crippen LogP contribution in [-0.2, 0) is 9.59 Å². The predicted octanol–water partition coefficient (Wildman–Crippen LogP) is 4.65. The molecule has 4 aromatic rings. The van der Waals surface area contributed by atoms with Gasteiger partial charge in [-0.05, 0) is 68.0 Å². The zero-order valence-corrected chi connectivity index (χ0v) is 19.9. The number of rotatable bonds is 6. The van der Waals surface area contributed by atoms with Gasteiger partial charge in [0.1, 0.15) is 17.5 Å². The fraction of sp³-hybridized carbons (Fsp3) is 0.0741. The number of nitro groups is 1. The zero-order chi connectivity index (χ0) is 26.1. The SMILES string of the molecule is Cc1cc(/C=C2/C(=O)NN(c3ccccc3)C2=O)c(C)n1-c1ccc(Oc2ccc([N+](=O)[O-])cn2)cc1. The lowest BCUT2D eigenvalue weighted by Gasteiger charge is -2.13. The van der Waals surface area contributed by atoms with Crippen LogP contribution in [0.25, 0.3) is 11.8 Å². The van der Waals surface area contributed by atoms with Crippen molar-refractivity contribution < 1.29 is 19.2 Å². The molecule has 0 atom stereocenters. The van der Waals surface area contributed by atoms with E-state index in [1.807, 2.05) is 42.7 Å². The van der Waals surface area contributed by atoms with Gasteiger partial charge >= 0.3 is 0 Å². The number of nitrogens with zero attached hydrogens (tertiary/aromatic N) is 4. The smallest absolute Gasteiger partial charge is 0.287 e. The van der Waals surface area contributed by atoms with E-state index >= 15 is 0 Å². The van der Waals surface area contributed by atoms with Crippen LogP contribution in [0.1, 0.15) is 17.0 Å². The summed E-state index contributed by atoms with van der Waals surface area (Å²) < 4.78 is 7.70. The second-order valence-electron chi connectivity index (χ2n) is 8.34. The molecule has 0 bridgehead atoms. The summed E-state index contributed by atoms with van der Waals surface area (Å²) in [5, 5.41) is 12.0. The first-order chi connectivity index (χ1) is 17.8. The van der Waals surface area contributed by atoms with Gasteiger partial charge < -0.3 is 9.30 Å². The van der Waals surface area contributed by atoms with E-state index in [1.54, 1.807) is 42.5 Å². The van der Waals surface area contributed by atoms with Crippen LogP contribution in [0.15, 0.2) is 84.6 Å². The number of ether oxygens (including phenoxy) is 1. The maximum atomic E-state index is 12.9. The second-order valence-corrected chi connectivity index (χ2v) is 8.34. The molecule has 1 N–H and O–H groups in total. The quantitative estimate of drug-likeness (QED) is 0.180. The molecule has 1 saturated heterocycles. The van der Waals surface area contributed by atoms with Crippen molar-refractivity contribution in [3.05, 3.63) is 112 Å². The van der Waals surface area contributed by atoms with Crippen molar-refractivity contribution in [3.8, 4) is 17.3 Å². The van der Waals surface area contributed by atoms with Crippen molar-refractivity contribution in [2.45, 2.75) is 13.8 Å². The minimum atomic E-state index is -0.522. The molecular formula is C27H21N5O5. The largest absolute Gasteiger partial charge is 0.439 e. The third-order valence-corrected chi connectivity index (χ3v) is 5.92. The van der Waals surface area contributed by atoms with Crippen molar-refractivity contribution in [3.63, 3.8) is 0 Å². The number of aryl methyl sites for hydroxylation is 1. The topological polar surface area (TPSA) is 120 Å². The first-order valence-electron chi connectivity index (χ1n) is 11.3. The number of hydrogen-bond donors (Lipinski definition) is 1. The molecule has 0 radical (unpaired) electrons. The fourth-order valence-corrected chi connectivity index (χ4v) is 4.13. The number of nitrogens with one attached hydrogen (secondary N) is 1. The first kappa shape index (κ1) is 23.5. The molecule has 0 saturated carbocycles. The van der Waals surface area contributed by atoms with Crippen LogP contribution in [-0.4, -0.2) is 26.3 Å². The van der Waals surface area contributed by atoms with Gasteiger partial charge in [-0.1, -0.05) is 18.2 Å². The Hall–Kier alpha value is -5.25. The number of benzene rings is 2. The summed E-state index contributed by atoms with van der Waals surface area (Å²) in [6, 6.07) is 20.9. The lowest BCUT2D eigenvalue weighted by Crippen LogP contribution is -2.35. The molecule has 184 valence electrons. The maximum absolute atomic E-state index is 12.9. The zero-order valence-electron chi connectivity index (χ0n) is 19.9. The minimum absolute atomic E-state index is 0.0587. The summed E-state index contributed by atoms with van der Waals surface area (Å²) in [6.07, 6.45) is 2.75. The number of anilines is 1. The Balaban J connectivity index is 1.37. The molecule has 0 spiro atoms. The van der Waals surface area contributed by atoms with Crippen LogP contribution >= 0.6 is 0 Å². The van der Waals surface area contributed by atoms with Crippen LogP contribution in [0.4, 0.5) is 11.4 Å². The Morgan fingerprint density at radius 1 is 0.973 bits per heavy atom. The molecule has 0 aliphatic carbocycles. The molecule has 10 heteroatoms. The summed E-state index contributed by atoms with van der Waals surface area (Å²) in [4.78, 5) is 39.7. The second kappa shape index (κ2) is 9.42. The normalized spacial score (nSPS) is 14.2. The van der Waals surface area contributed by atoms with Crippen LogP contribution < -0.4 is 15.2 Å². The van der Waals surface area contributed by atoms with E-state index in [0.29, 0.717) is 11.4 Å². The van der Waals surface area contributed by atoms with E-state index in [2.05, 4.69) is 10.4 Å². The third-order valence-electron chi connectivity index (χ3n) is 5.92. The molecule has 2 aromatic carbocycles. The summed E-state index contributed by atoms with van der Waals surface area (Å²) in [6.45, 7) is 3.85. The van der Waals surface area contributed by atoms with E-state index in [0.717, 1.165) is 28.8 Å². The highest BCUT2D eigenvalue weighted by Crippen LogP contribution is 2.28. The van der Waals surface area contributed by atoms with Crippen LogP contribution in [0.3, 0.4) is 0 Å². The Morgan fingerprint density at radius 3 is 2.35 bits per heavy atom. The van der Waals surface area contributed by atoms with E-state index in [1.165, 1.54) is 17.1 Å². The van der Waals surface area contributed by atoms with Gasteiger partial charge in [-0.25, -0.2) is 9.99 Å². The Kier molecular flexibility index (Phi) is 5.98. The molecular weight excluding hydrogens is 474 g/mol. The van der Waals surface area contributed by atoms with Gasteiger partial charge in [-0.2, -0.15) is 0 Å². The summed E-state index contributed by atoms with van der Waals surface area (Å²) in [5.74, 6) is -0.115. The van der Waals surface area contributed by atoms with Gasteiger partial charge in [-0.15, -0.1) is 0 Å². The molecule has 0 unspecified atom stereocenters. The van der Waals surface area contributed by atoms with Crippen molar-refractivity contribution in [1.29, 1.82) is 0 Å². The van der Waals surface area contributed by atoms with Gasteiger partial charge in [0.25, 0.3) is 17.5 Å². The molecule has 5 rings (SSSR count). The molecule has 37 heavy (non-hydrogen) atoms. The van der Waals surface area contributed by atoms with Crippen molar-refractivity contribution in [1.82, 2.24) is 15.0 Å². The highest BCUT2D eigenvalue weighted by molar-refractivity contribution is 6.31. The minimum Gasteiger partial charge on any atom is -0.439 e. The number of pyridine rings is 1. The lowest BCUT2D eigenvalue weighted by atomic mass is 10.1. The average Bonchev–Trinajstić information content (AvgIpc) is 3.34. The van der Waals surface area contributed by atoms with Gasteiger partial charge in [-0.3, -0.25) is 25.1 Å². The number of aromatic nitrogens is 2. The molecule has 2 amide bonds. The number of carbonyl (C=O) groups is 2. The van der Waals surface area contributed by atoms with Crippen molar-refractivity contribution in [2.24, 2.45) is 0 Å². The monoisotopic (exact) mass is 495 g/mol. The molecule has 3 heterocycles. The van der Waals surface area contributed by atoms with Crippen LogP contribution in [0.5, 0.6) is 11.6 Å². The lowest BCUT2D eigenvalue weighted by molar-refractivity contribution is -0.385. The van der Waals surface area contributed by atoms with E-state index in [-0.39, 0.29) is 17.1 Å². The first-order valence-corrected chi connectivity index (χ1v) is 11.3. The number of carbonyl (C=O) groups excluding carboxylic acids is 2. The molecule has 1 aliphatic heterocycles. The van der Waals surface area contributed by atoms with Crippen molar-refractivity contribution in [2.75, 3.05) is 5.01 Å². The molecule has 10 nitrogen and oxygen atoms in total. The number of hydrogen-bond acceptors (Lipinski definition) is 6. The van der Waals surface area contributed by atoms with E-state index < -0.39 is 16.7 Å². The highest BCUT2D eigenvalue weighted by Gasteiger charge is 2.34. The number of hydrazine groups is 1. The Bertz CT molecular complexity index is 1540. The number of para-hydroxylation sites is 1. The summed E-state index contributed by atoms with van der Waals surface area (Å²) >= 11 is 0. The van der Waals surface area contributed by atoms with Crippen molar-refractivity contribution >= 4 is 29.3 Å². The summed E-state index contributed by atoms with van der Waals surface area (Å²) in [7, 11) is 0. The Labute approximate surface area is 211 Å². The average molecular weight is 495 g/mol. The predicted molar refractivity (Wildman–Crippen MR) is 136 cm³/mol. The maximum Gasteiger partial charge on any atom is 0.287 e. The number of amides is 2. The van der Waals surface area contributed by atoms with Crippen LogP contribution in [0, 0.1) is 24.0 Å². The van der Waals surface area contributed by atoms with E-state index in [4.69, 9.17) is 4.74 Å². The van der Waals surface area contributed by atoms with E-state index in [9.17, 15) is 19.7 Å². The van der Waals surface area contributed by atoms with Gasteiger partial charge in [0.15, 0.2) is 0 Å². The standard InChI is InChI=1S/C27H21N5O5/c1-17-14-19(15-24-26(33)29-31(27(24)34)21-6-4-3-5-7-21)18(2)30(17)20-8-11-23(12-9-20)37-25-13-10-22(16-28-25)32(35)36/h3-16H,1-2H3,(H,29,33)/b24-15-.